The Morgan fingerprint density at radius 3 is 2.21 bits per heavy atom. The number of rotatable bonds is 6. The largest absolute Gasteiger partial charge is 0.361 e. The molecule has 130 valence electrons. The minimum atomic E-state index is -3.51. The van der Waals surface area contributed by atoms with E-state index in [2.05, 4.69) is 10.5 Å². The first kappa shape index (κ1) is 18.2. The number of hydrogen-bond acceptors (Lipinski definition) is 5. The number of aromatic nitrogens is 1. The van der Waals surface area contributed by atoms with Gasteiger partial charge in [0.25, 0.3) is 5.91 Å². The monoisotopic (exact) mass is 351 g/mol. The lowest BCUT2D eigenvalue weighted by Crippen LogP contribution is -2.30. The third kappa shape index (κ3) is 3.49. The molecule has 7 nitrogen and oxygen atoms in total. The fourth-order valence-electron chi connectivity index (χ4n) is 2.42. The number of amides is 1. The van der Waals surface area contributed by atoms with Crippen LogP contribution in [0.25, 0.3) is 0 Å². The second-order valence-electron chi connectivity index (χ2n) is 5.27. The van der Waals surface area contributed by atoms with Crippen molar-refractivity contribution >= 4 is 21.6 Å². The number of anilines is 1. The number of carbonyl (C=O) groups is 1. The zero-order chi connectivity index (χ0) is 17.9. The summed E-state index contributed by atoms with van der Waals surface area (Å²) < 4.78 is 31.2. The van der Waals surface area contributed by atoms with Crippen LogP contribution in [0.4, 0.5) is 5.69 Å². The molecule has 0 radical (unpaired) electrons. The first-order chi connectivity index (χ1) is 11.3. The molecule has 0 aliphatic rings. The number of aryl methyl sites for hydroxylation is 2. The minimum Gasteiger partial charge on any atom is -0.361 e. The fraction of sp³-hybridized carbons (Fsp3) is 0.375. The van der Waals surface area contributed by atoms with Gasteiger partial charge in [0, 0.05) is 18.8 Å². The second-order valence-corrected chi connectivity index (χ2v) is 7.20. The highest BCUT2D eigenvalue weighted by molar-refractivity contribution is 7.89. The quantitative estimate of drug-likeness (QED) is 0.863. The summed E-state index contributed by atoms with van der Waals surface area (Å²) in [6.07, 6.45) is 0. The van der Waals surface area contributed by atoms with Gasteiger partial charge in [-0.25, -0.2) is 8.42 Å². The molecule has 1 aromatic carbocycles. The van der Waals surface area contributed by atoms with Gasteiger partial charge in [-0.05, 0) is 38.1 Å². The van der Waals surface area contributed by atoms with Gasteiger partial charge < -0.3 is 9.84 Å². The predicted molar refractivity (Wildman–Crippen MR) is 90.5 cm³/mol. The SMILES string of the molecule is CCN(CC)S(=O)(=O)c1ccc(NC(=O)c2c(C)noc2C)cc1. The summed E-state index contributed by atoms with van der Waals surface area (Å²) in [7, 11) is -3.51. The molecule has 0 fully saturated rings. The first-order valence-electron chi connectivity index (χ1n) is 7.65. The molecule has 1 aromatic heterocycles. The van der Waals surface area contributed by atoms with Gasteiger partial charge in [0.05, 0.1) is 10.6 Å². The van der Waals surface area contributed by atoms with Gasteiger partial charge in [0.15, 0.2) is 0 Å². The summed E-state index contributed by atoms with van der Waals surface area (Å²) in [5.74, 6) is 0.0938. The van der Waals surface area contributed by atoms with E-state index in [9.17, 15) is 13.2 Å². The molecule has 0 aliphatic carbocycles. The highest BCUT2D eigenvalue weighted by Gasteiger charge is 2.22. The average Bonchev–Trinajstić information content (AvgIpc) is 2.87. The van der Waals surface area contributed by atoms with E-state index in [0.29, 0.717) is 35.8 Å². The predicted octanol–water partition coefficient (Wildman–Crippen LogP) is 2.57. The normalized spacial score (nSPS) is 11.7. The average molecular weight is 351 g/mol. The summed E-state index contributed by atoms with van der Waals surface area (Å²) in [5, 5.41) is 6.46. The lowest BCUT2D eigenvalue weighted by Gasteiger charge is -2.18. The number of carbonyl (C=O) groups excluding carboxylic acids is 1. The van der Waals surface area contributed by atoms with E-state index in [4.69, 9.17) is 4.52 Å². The van der Waals surface area contributed by atoms with E-state index < -0.39 is 10.0 Å². The van der Waals surface area contributed by atoms with Crippen molar-refractivity contribution in [1.82, 2.24) is 9.46 Å². The molecule has 0 aliphatic heterocycles. The van der Waals surface area contributed by atoms with E-state index >= 15 is 0 Å². The van der Waals surface area contributed by atoms with Gasteiger partial charge in [-0.15, -0.1) is 0 Å². The van der Waals surface area contributed by atoms with Crippen molar-refractivity contribution in [1.29, 1.82) is 0 Å². The molecular formula is C16H21N3O4S. The summed E-state index contributed by atoms with van der Waals surface area (Å²) in [6, 6.07) is 6.09. The van der Waals surface area contributed by atoms with Crippen molar-refractivity contribution in [2.45, 2.75) is 32.6 Å². The first-order valence-corrected chi connectivity index (χ1v) is 9.09. The summed E-state index contributed by atoms with van der Waals surface area (Å²) >= 11 is 0. The molecule has 1 amide bonds. The van der Waals surface area contributed by atoms with Crippen LogP contribution < -0.4 is 5.32 Å². The van der Waals surface area contributed by atoms with Crippen LogP contribution in [-0.2, 0) is 10.0 Å². The Balaban J connectivity index is 2.20. The van der Waals surface area contributed by atoms with E-state index in [1.165, 1.54) is 16.4 Å². The Morgan fingerprint density at radius 2 is 1.75 bits per heavy atom. The van der Waals surface area contributed by atoms with Crippen molar-refractivity contribution in [3.05, 3.63) is 41.3 Å². The zero-order valence-corrected chi connectivity index (χ0v) is 15.0. The molecule has 0 spiro atoms. The smallest absolute Gasteiger partial charge is 0.261 e. The highest BCUT2D eigenvalue weighted by atomic mass is 32.2. The number of nitrogens with zero attached hydrogens (tertiary/aromatic N) is 2. The van der Waals surface area contributed by atoms with Crippen LogP contribution in [0.15, 0.2) is 33.7 Å². The van der Waals surface area contributed by atoms with Gasteiger partial charge in [-0.3, -0.25) is 4.79 Å². The summed E-state index contributed by atoms with van der Waals surface area (Å²) in [6.45, 7) is 7.74. The van der Waals surface area contributed by atoms with Gasteiger partial charge in [-0.2, -0.15) is 4.31 Å². The van der Waals surface area contributed by atoms with Crippen LogP contribution >= 0.6 is 0 Å². The van der Waals surface area contributed by atoms with Crippen molar-refractivity contribution < 1.29 is 17.7 Å². The molecule has 1 N–H and O–H groups in total. The summed E-state index contributed by atoms with van der Waals surface area (Å²) in [5.41, 5.74) is 1.39. The summed E-state index contributed by atoms with van der Waals surface area (Å²) in [4.78, 5) is 12.5. The van der Waals surface area contributed by atoms with Gasteiger partial charge >= 0.3 is 0 Å². The van der Waals surface area contributed by atoms with E-state index in [1.54, 1.807) is 39.8 Å². The van der Waals surface area contributed by atoms with Crippen LogP contribution in [0.1, 0.15) is 35.7 Å². The second kappa shape index (κ2) is 7.14. The standard InChI is InChI=1S/C16H21N3O4S/c1-5-19(6-2)24(21,22)14-9-7-13(8-10-14)17-16(20)15-11(3)18-23-12(15)4/h7-10H,5-6H2,1-4H3,(H,17,20). The Morgan fingerprint density at radius 1 is 1.17 bits per heavy atom. The molecule has 0 unspecified atom stereocenters. The molecule has 8 heteroatoms. The molecule has 2 rings (SSSR count). The van der Waals surface area contributed by atoms with Crippen LogP contribution in [0.2, 0.25) is 0 Å². The van der Waals surface area contributed by atoms with Crippen molar-refractivity contribution in [2.24, 2.45) is 0 Å². The van der Waals surface area contributed by atoms with E-state index in [0.717, 1.165) is 0 Å². The van der Waals surface area contributed by atoms with Crippen LogP contribution in [-0.4, -0.2) is 36.9 Å². The maximum Gasteiger partial charge on any atom is 0.261 e. The minimum absolute atomic E-state index is 0.196. The Hall–Kier alpha value is -2.19. The fourth-order valence-corrected chi connectivity index (χ4v) is 3.88. The number of nitrogens with one attached hydrogen (secondary N) is 1. The molecule has 0 saturated heterocycles. The number of benzene rings is 1. The van der Waals surface area contributed by atoms with Gasteiger partial charge in [-0.1, -0.05) is 19.0 Å². The third-order valence-corrected chi connectivity index (χ3v) is 5.78. The van der Waals surface area contributed by atoms with Gasteiger partial charge in [0.2, 0.25) is 10.0 Å². The van der Waals surface area contributed by atoms with Crippen LogP contribution in [0.3, 0.4) is 0 Å². The van der Waals surface area contributed by atoms with E-state index in [-0.39, 0.29) is 10.8 Å². The van der Waals surface area contributed by atoms with Crippen molar-refractivity contribution in [3.63, 3.8) is 0 Å². The topological polar surface area (TPSA) is 92.5 Å². The maximum atomic E-state index is 12.4. The molecule has 24 heavy (non-hydrogen) atoms. The van der Waals surface area contributed by atoms with Crippen molar-refractivity contribution in [2.75, 3.05) is 18.4 Å². The van der Waals surface area contributed by atoms with E-state index in [1.807, 2.05) is 0 Å². The molecular weight excluding hydrogens is 330 g/mol. The molecule has 2 aromatic rings. The van der Waals surface area contributed by atoms with Crippen LogP contribution in [0.5, 0.6) is 0 Å². The van der Waals surface area contributed by atoms with Crippen molar-refractivity contribution in [3.8, 4) is 0 Å². The lowest BCUT2D eigenvalue weighted by atomic mass is 10.2. The van der Waals surface area contributed by atoms with Gasteiger partial charge in [0.1, 0.15) is 11.3 Å². The third-order valence-electron chi connectivity index (χ3n) is 3.72. The molecule has 1 heterocycles. The lowest BCUT2D eigenvalue weighted by molar-refractivity contribution is 0.102. The molecule has 0 atom stereocenters. The number of sulfonamides is 1. The molecule has 0 bridgehead atoms. The number of hydrogen-bond donors (Lipinski definition) is 1. The molecule has 0 saturated carbocycles. The maximum absolute atomic E-state index is 12.4. The van der Waals surface area contributed by atoms with Crippen LogP contribution in [0, 0.1) is 13.8 Å². The zero-order valence-electron chi connectivity index (χ0n) is 14.2. The Bertz CT molecular complexity index is 802. The Labute approximate surface area is 141 Å². The highest BCUT2D eigenvalue weighted by Crippen LogP contribution is 2.20. The Kier molecular flexibility index (Phi) is 5.40.